The summed E-state index contributed by atoms with van der Waals surface area (Å²) in [6, 6.07) is 6.26. The van der Waals surface area contributed by atoms with Crippen LogP contribution in [0.2, 0.25) is 0 Å². The molecule has 1 unspecified atom stereocenters. The second-order valence-corrected chi connectivity index (χ2v) is 4.30. The minimum Gasteiger partial charge on any atom is -0.406 e. The molecule has 0 aliphatic rings. The molecular weight excluding hydrogens is 242 g/mol. The maximum atomic E-state index is 5.54. The zero-order chi connectivity index (χ0) is 13.5. The van der Waals surface area contributed by atoms with Crippen LogP contribution in [0.25, 0.3) is 0 Å². The molecule has 6 nitrogen and oxygen atoms in total. The maximum Gasteiger partial charge on any atom is 0.315 e. The van der Waals surface area contributed by atoms with E-state index in [4.69, 9.17) is 4.42 Å². The number of anilines is 1. The van der Waals surface area contributed by atoms with Gasteiger partial charge in [-0.1, -0.05) is 18.1 Å². The van der Waals surface area contributed by atoms with Gasteiger partial charge >= 0.3 is 6.01 Å². The summed E-state index contributed by atoms with van der Waals surface area (Å²) in [5.41, 5.74) is 0.930. The topological polar surface area (TPSA) is 75.9 Å². The van der Waals surface area contributed by atoms with E-state index in [2.05, 4.69) is 32.7 Å². The molecule has 19 heavy (non-hydrogen) atoms. The van der Waals surface area contributed by atoms with E-state index in [-0.39, 0.29) is 6.04 Å². The molecule has 2 aromatic rings. The van der Waals surface area contributed by atoms with Gasteiger partial charge in [0.25, 0.3) is 0 Å². The minimum absolute atomic E-state index is 0.0675. The zero-order valence-electron chi connectivity index (χ0n) is 11.3. The maximum absolute atomic E-state index is 5.54. The second kappa shape index (κ2) is 6.84. The van der Waals surface area contributed by atoms with Crippen molar-refractivity contribution in [1.29, 1.82) is 0 Å². The van der Waals surface area contributed by atoms with E-state index in [1.165, 1.54) is 0 Å². The van der Waals surface area contributed by atoms with Gasteiger partial charge in [0.15, 0.2) is 0 Å². The zero-order valence-corrected chi connectivity index (χ0v) is 11.3. The van der Waals surface area contributed by atoms with Crippen molar-refractivity contribution in [3.05, 3.63) is 36.0 Å². The lowest BCUT2D eigenvalue weighted by Gasteiger charge is -2.07. The fourth-order valence-electron chi connectivity index (χ4n) is 1.60. The fourth-order valence-corrected chi connectivity index (χ4v) is 1.60. The Morgan fingerprint density at radius 3 is 2.95 bits per heavy atom. The molecule has 0 amide bonds. The first-order valence-corrected chi connectivity index (χ1v) is 6.50. The summed E-state index contributed by atoms with van der Waals surface area (Å²) in [6.45, 7) is 5.62. The van der Waals surface area contributed by atoms with Gasteiger partial charge in [0, 0.05) is 6.20 Å². The molecule has 0 fully saturated rings. The van der Waals surface area contributed by atoms with Crippen LogP contribution in [0.3, 0.4) is 0 Å². The van der Waals surface area contributed by atoms with Crippen molar-refractivity contribution in [2.45, 2.75) is 32.9 Å². The molecular formula is C13H19N5O. The summed E-state index contributed by atoms with van der Waals surface area (Å²) in [4.78, 5) is 4.21. The lowest BCUT2D eigenvalue weighted by molar-refractivity contribution is 0.423. The molecule has 0 saturated heterocycles. The van der Waals surface area contributed by atoms with Crippen LogP contribution in [0.1, 0.15) is 37.9 Å². The average molecular weight is 261 g/mol. The summed E-state index contributed by atoms with van der Waals surface area (Å²) in [7, 11) is 0. The van der Waals surface area contributed by atoms with Crippen LogP contribution >= 0.6 is 0 Å². The third-order valence-electron chi connectivity index (χ3n) is 2.66. The molecule has 2 heterocycles. The Morgan fingerprint density at radius 2 is 2.21 bits per heavy atom. The molecule has 0 aliphatic carbocycles. The molecule has 2 N–H and O–H groups in total. The lowest BCUT2D eigenvalue weighted by atomic mass is 10.3. The molecule has 0 saturated carbocycles. The van der Waals surface area contributed by atoms with Gasteiger partial charge in [-0.05, 0) is 32.0 Å². The van der Waals surface area contributed by atoms with Gasteiger partial charge in [0.1, 0.15) is 0 Å². The van der Waals surface area contributed by atoms with Crippen LogP contribution in [-0.4, -0.2) is 21.7 Å². The molecule has 0 bridgehead atoms. The number of nitrogens with one attached hydrogen (secondary N) is 2. The van der Waals surface area contributed by atoms with Gasteiger partial charge in [-0.3, -0.25) is 4.98 Å². The van der Waals surface area contributed by atoms with E-state index in [9.17, 15) is 0 Å². The average Bonchev–Trinajstić information content (AvgIpc) is 2.92. The van der Waals surface area contributed by atoms with Gasteiger partial charge in [0.05, 0.1) is 18.3 Å². The molecule has 102 valence electrons. The summed E-state index contributed by atoms with van der Waals surface area (Å²) in [5, 5.41) is 14.3. The third-order valence-corrected chi connectivity index (χ3v) is 2.66. The Hall–Kier alpha value is -1.95. The van der Waals surface area contributed by atoms with Crippen molar-refractivity contribution in [3.8, 4) is 0 Å². The van der Waals surface area contributed by atoms with Crippen molar-refractivity contribution in [2.24, 2.45) is 0 Å². The van der Waals surface area contributed by atoms with Crippen molar-refractivity contribution in [2.75, 3.05) is 11.9 Å². The summed E-state index contributed by atoms with van der Waals surface area (Å²) >= 11 is 0. The van der Waals surface area contributed by atoms with Crippen LogP contribution in [0.15, 0.2) is 28.8 Å². The number of aromatic nitrogens is 3. The van der Waals surface area contributed by atoms with Crippen LogP contribution in [-0.2, 0) is 6.54 Å². The first-order valence-electron chi connectivity index (χ1n) is 6.50. The first-order chi connectivity index (χ1) is 9.29. The smallest absolute Gasteiger partial charge is 0.315 e. The molecule has 0 aromatic carbocycles. The first kappa shape index (κ1) is 13.5. The monoisotopic (exact) mass is 261 g/mol. The SMILES string of the molecule is CCCNC(C)c1nnc(NCc2ccccn2)o1. The highest BCUT2D eigenvalue weighted by atomic mass is 16.4. The Kier molecular flexibility index (Phi) is 4.85. The molecule has 1 atom stereocenters. The lowest BCUT2D eigenvalue weighted by Crippen LogP contribution is -2.19. The molecule has 0 spiro atoms. The molecule has 2 rings (SSSR count). The van der Waals surface area contributed by atoms with E-state index in [0.29, 0.717) is 18.5 Å². The molecule has 0 radical (unpaired) electrons. The Balaban J connectivity index is 1.87. The van der Waals surface area contributed by atoms with E-state index in [0.717, 1.165) is 18.7 Å². The Morgan fingerprint density at radius 1 is 1.32 bits per heavy atom. The number of hydrogen-bond donors (Lipinski definition) is 2. The van der Waals surface area contributed by atoms with Crippen LogP contribution in [0, 0.1) is 0 Å². The normalized spacial score (nSPS) is 12.3. The van der Waals surface area contributed by atoms with E-state index in [1.54, 1.807) is 6.20 Å². The standard InChI is InChI=1S/C13H19N5O/c1-3-7-14-10(2)12-17-18-13(19-12)16-9-11-6-4-5-8-15-11/h4-6,8,10,14H,3,7,9H2,1-2H3,(H,16,18). The second-order valence-electron chi connectivity index (χ2n) is 4.30. The van der Waals surface area contributed by atoms with Crippen molar-refractivity contribution in [1.82, 2.24) is 20.5 Å². The fraction of sp³-hybridized carbons (Fsp3) is 0.462. The highest BCUT2D eigenvalue weighted by molar-refractivity contribution is 5.20. The van der Waals surface area contributed by atoms with Crippen molar-refractivity contribution >= 4 is 6.01 Å². The van der Waals surface area contributed by atoms with Crippen LogP contribution in [0.4, 0.5) is 6.01 Å². The summed E-state index contributed by atoms with van der Waals surface area (Å²) < 4.78 is 5.54. The van der Waals surface area contributed by atoms with Crippen molar-refractivity contribution in [3.63, 3.8) is 0 Å². The van der Waals surface area contributed by atoms with Gasteiger partial charge in [-0.15, -0.1) is 5.10 Å². The Bertz CT molecular complexity index is 485. The van der Waals surface area contributed by atoms with Crippen LogP contribution < -0.4 is 10.6 Å². The van der Waals surface area contributed by atoms with E-state index >= 15 is 0 Å². The predicted octanol–water partition coefficient (Wildman–Crippen LogP) is 2.14. The van der Waals surface area contributed by atoms with Gasteiger partial charge in [-0.25, -0.2) is 0 Å². The molecule has 0 aliphatic heterocycles. The highest BCUT2D eigenvalue weighted by Gasteiger charge is 2.12. The highest BCUT2D eigenvalue weighted by Crippen LogP contribution is 2.13. The van der Waals surface area contributed by atoms with Gasteiger partial charge in [0.2, 0.25) is 5.89 Å². The van der Waals surface area contributed by atoms with E-state index in [1.807, 2.05) is 25.1 Å². The summed E-state index contributed by atoms with van der Waals surface area (Å²) in [5.74, 6) is 0.594. The number of rotatable bonds is 7. The number of nitrogens with zero attached hydrogens (tertiary/aromatic N) is 3. The third kappa shape index (κ3) is 4.03. The van der Waals surface area contributed by atoms with E-state index < -0.39 is 0 Å². The Labute approximate surface area is 112 Å². The van der Waals surface area contributed by atoms with Crippen LogP contribution in [0.5, 0.6) is 0 Å². The van der Waals surface area contributed by atoms with Gasteiger partial charge < -0.3 is 15.1 Å². The van der Waals surface area contributed by atoms with Gasteiger partial charge in [-0.2, -0.15) is 0 Å². The number of pyridine rings is 1. The minimum atomic E-state index is 0.0675. The predicted molar refractivity (Wildman–Crippen MR) is 72.6 cm³/mol. The largest absolute Gasteiger partial charge is 0.406 e. The summed E-state index contributed by atoms with van der Waals surface area (Å²) in [6.07, 6.45) is 2.83. The molecule has 6 heteroatoms. The molecule has 2 aromatic heterocycles. The quantitative estimate of drug-likeness (QED) is 0.795. The number of hydrogen-bond acceptors (Lipinski definition) is 6. The van der Waals surface area contributed by atoms with Crippen molar-refractivity contribution < 1.29 is 4.42 Å².